The number of rotatable bonds is 1. The van der Waals surface area contributed by atoms with Crippen LogP contribution in [0.15, 0.2) is 0 Å². The molecule has 0 rings (SSSR count). The Kier molecular flexibility index (Phi) is 44.4. The maximum Gasteiger partial charge on any atom is 1.00 e. The molecule has 2 heteroatoms. The van der Waals surface area contributed by atoms with E-state index in [0.29, 0.717) is 0 Å². The number of hydrogen-bond acceptors (Lipinski definition) is 0. The molecule has 0 aromatic carbocycles. The molecule has 0 unspecified atom stereocenters. The quantitative estimate of drug-likeness (QED) is 0.294. The second kappa shape index (κ2) is 16.9. The monoisotopic (exact) mass is 100 g/mol. The molecule has 0 aromatic rings. The van der Waals surface area contributed by atoms with E-state index in [1.54, 1.807) is 0 Å². The SMILES string of the molecule is Cl.[CH2-]CCC.[Li+]. The summed E-state index contributed by atoms with van der Waals surface area (Å²) in [5, 5.41) is 0. The Labute approximate surface area is 58.3 Å². The van der Waals surface area contributed by atoms with Gasteiger partial charge in [0, 0.05) is 0 Å². The maximum absolute atomic E-state index is 3.60. The third-order valence-electron chi connectivity index (χ3n) is 0.354. The zero-order valence-corrected chi connectivity index (χ0v) is 5.35. The molecule has 0 N–H and O–H groups in total. The summed E-state index contributed by atoms with van der Waals surface area (Å²) in [4.78, 5) is 0. The maximum atomic E-state index is 3.60. The van der Waals surface area contributed by atoms with Crippen molar-refractivity contribution in [1.29, 1.82) is 0 Å². The van der Waals surface area contributed by atoms with Gasteiger partial charge in [-0.1, -0.05) is 13.3 Å². The first-order chi connectivity index (χ1) is 1.91. The third-order valence-corrected chi connectivity index (χ3v) is 0.354. The van der Waals surface area contributed by atoms with E-state index in [1.807, 2.05) is 0 Å². The van der Waals surface area contributed by atoms with Crippen molar-refractivity contribution in [3.63, 3.8) is 0 Å². The van der Waals surface area contributed by atoms with E-state index in [4.69, 9.17) is 0 Å². The van der Waals surface area contributed by atoms with Crippen LogP contribution in [0.1, 0.15) is 19.8 Å². The number of unbranched alkanes of at least 4 members (excludes halogenated alkanes) is 1. The largest absolute Gasteiger partial charge is 1.00 e. The van der Waals surface area contributed by atoms with Gasteiger partial charge in [0.25, 0.3) is 0 Å². The van der Waals surface area contributed by atoms with Crippen molar-refractivity contribution in [1.82, 2.24) is 0 Å². The average molecular weight is 101 g/mol. The van der Waals surface area contributed by atoms with Crippen molar-refractivity contribution in [3.8, 4) is 0 Å². The van der Waals surface area contributed by atoms with Crippen molar-refractivity contribution in [2.45, 2.75) is 19.8 Å². The fourth-order valence-corrected chi connectivity index (χ4v) is 0. The predicted molar refractivity (Wildman–Crippen MR) is 27.5 cm³/mol. The predicted octanol–water partition coefficient (Wildman–Crippen LogP) is -0.954. The second-order valence-electron chi connectivity index (χ2n) is 0.854. The molecule has 0 saturated heterocycles. The van der Waals surface area contributed by atoms with Gasteiger partial charge in [-0.15, -0.1) is 12.4 Å². The van der Waals surface area contributed by atoms with Crippen LogP contribution >= 0.6 is 12.4 Å². The van der Waals surface area contributed by atoms with E-state index in [2.05, 4.69) is 13.8 Å². The molecule has 0 radical (unpaired) electrons. The molecule has 0 amide bonds. The van der Waals surface area contributed by atoms with E-state index in [1.165, 1.54) is 6.42 Å². The van der Waals surface area contributed by atoms with Crippen LogP contribution in [0.3, 0.4) is 0 Å². The fourth-order valence-electron chi connectivity index (χ4n) is 0. The van der Waals surface area contributed by atoms with E-state index in [-0.39, 0.29) is 31.3 Å². The summed E-state index contributed by atoms with van der Waals surface area (Å²) < 4.78 is 0. The van der Waals surface area contributed by atoms with Gasteiger partial charge < -0.3 is 6.92 Å². The first-order valence-electron chi connectivity index (χ1n) is 1.71. The van der Waals surface area contributed by atoms with Gasteiger partial charge in [0.05, 0.1) is 0 Å². The number of hydrogen-bond donors (Lipinski definition) is 0. The molecule has 34 valence electrons. The molecule has 0 saturated carbocycles. The van der Waals surface area contributed by atoms with Gasteiger partial charge in [-0.2, -0.15) is 6.42 Å². The zero-order chi connectivity index (χ0) is 3.41. The van der Waals surface area contributed by atoms with E-state index < -0.39 is 0 Å². The molecular formula is C4H10ClLi. The molecule has 0 aliphatic rings. The normalized spacial score (nSPS) is 5.00. The van der Waals surface area contributed by atoms with Crippen molar-refractivity contribution < 1.29 is 18.9 Å². The first-order valence-corrected chi connectivity index (χ1v) is 1.71. The molecule has 0 aliphatic carbocycles. The molecule has 0 aromatic heterocycles. The summed E-state index contributed by atoms with van der Waals surface area (Å²) in [5.74, 6) is 0. The van der Waals surface area contributed by atoms with E-state index in [9.17, 15) is 0 Å². The molecule has 0 atom stereocenters. The van der Waals surface area contributed by atoms with Crippen LogP contribution in [-0.4, -0.2) is 0 Å². The molecule has 0 spiro atoms. The van der Waals surface area contributed by atoms with Crippen molar-refractivity contribution in [3.05, 3.63) is 6.92 Å². The van der Waals surface area contributed by atoms with Crippen LogP contribution in [0.2, 0.25) is 0 Å². The summed E-state index contributed by atoms with van der Waals surface area (Å²) in [6.07, 6.45) is 2.28. The molecule has 6 heavy (non-hydrogen) atoms. The molecule has 0 fully saturated rings. The Bertz CT molecular complexity index is 9.51. The van der Waals surface area contributed by atoms with Gasteiger partial charge in [0.2, 0.25) is 0 Å². The molecule has 0 heterocycles. The van der Waals surface area contributed by atoms with Gasteiger partial charge >= 0.3 is 18.9 Å². The van der Waals surface area contributed by atoms with Crippen molar-refractivity contribution >= 4 is 12.4 Å². The Hall–Kier alpha value is 0.887. The minimum atomic E-state index is 0. The van der Waals surface area contributed by atoms with Crippen LogP contribution in [0, 0.1) is 6.92 Å². The van der Waals surface area contributed by atoms with E-state index >= 15 is 0 Å². The van der Waals surface area contributed by atoms with E-state index in [0.717, 1.165) is 6.42 Å². The molecule has 0 nitrogen and oxygen atoms in total. The van der Waals surface area contributed by atoms with Crippen LogP contribution in [0.5, 0.6) is 0 Å². The Morgan fingerprint density at radius 1 is 1.50 bits per heavy atom. The third kappa shape index (κ3) is 20.7. The van der Waals surface area contributed by atoms with Crippen LogP contribution in [0.25, 0.3) is 0 Å². The summed E-state index contributed by atoms with van der Waals surface area (Å²) in [5.41, 5.74) is 0. The first kappa shape index (κ1) is 15.8. The molecular weight excluding hydrogens is 90.4 g/mol. The second-order valence-corrected chi connectivity index (χ2v) is 0.854. The Balaban J connectivity index is -0.0000000450. The van der Waals surface area contributed by atoms with Gasteiger partial charge in [-0.25, -0.2) is 0 Å². The summed E-state index contributed by atoms with van der Waals surface area (Å²) in [6, 6.07) is 0. The summed E-state index contributed by atoms with van der Waals surface area (Å²) >= 11 is 0. The van der Waals surface area contributed by atoms with Crippen LogP contribution in [-0.2, 0) is 0 Å². The topological polar surface area (TPSA) is 0 Å². The zero-order valence-electron chi connectivity index (χ0n) is 4.53. The van der Waals surface area contributed by atoms with Gasteiger partial charge in [-0.05, 0) is 0 Å². The molecule has 0 bridgehead atoms. The minimum Gasteiger partial charge on any atom is -0.343 e. The summed E-state index contributed by atoms with van der Waals surface area (Å²) in [6.45, 7) is 5.72. The Morgan fingerprint density at radius 2 is 1.67 bits per heavy atom. The molecule has 0 aliphatic heterocycles. The minimum absolute atomic E-state index is 0. The fraction of sp³-hybridized carbons (Fsp3) is 0.750. The van der Waals surface area contributed by atoms with Gasteiger partial charge in [0.1, 0.15) is 0 Å². The Morgan fingerprint density at radius 3 is 1.67 bits per heavy atom. The smallest absolute Gasteiger partial charge is 0.343 e. The van der Waals surface area contributed by atoms with Crippen LogP contribution < -0.4 is 18.9 Å². The van der Waals surface area contributed by atoms with Crippen molar-refractivity contribution in [2.75, 3.05) is 0 Å². The van der Waals surface area contributed by atoms with Gasteiger partial charge in [0.15, 0.2) is 0 Å². The number of halogens is 1. The standard InChI is InChI=1S/C4H9.ClH.Li/c1-3-4-2;;/h1,3-4H2,2H3;1H;/q-1;;+1. The van der Waals surface area contributed by atoms with Crippen molar-refractivity contribution in [2.24, 2.45) is 0 Å². The summed E-state index contributed by atoms with van der Waals surface area (Å²) in [7, 11) is 0. The van der Waals surface area contributed by atoms with Gasteiger partial charge in [-0.3, -0.25) is 0 Å². The van der Waals surface area contributed by atoms with Crippen LogP contribution in [0.4, 0.5) is 0 Å². The average Bonchev–Trinajstić information content (AvgIpc) is 1.37.